The van der Waals surface area contributed by atoms with Crippen LogP contribution in [0.25, 0.3) is 10.8 Å². The van der Waals surface area contributed by atoms with Gasteiger partial charge in [-0.2, -0.15) is 0 Å². The van der Waals surface area contributed by atoms with Crippen LogP contribution in [0.5, 0.6) is 23.0 Å². The quantitative estimate of drug-likeness (QED) is 0.276. The number of hydrogen-bond acceptors (Lipinski definition) is 8. The number of rotatable bonds is 7. The molecule has 1 aliphatic heterocycles. The van der Waals surface area contributed by atoms with Crippen molar-refractivity contribution in [3.05, 3.63) is 81.8 Å². The van der Waals surface area contributed by atoms with Crippen molar-refractivity contribution in [2.24, 2.45) is 0 Å². The van der Waals surface area contributed by atoms with Gasteiger partial charge in [0, 0.05) is 24.1 Å². The molecule has 1 amide bonds. The van der Waals surface area contributed by atoms with E-state index >= 15 is 0 Å². The molecule has 0 aromatic heterocycles. The number of hydrogen-bond donors (Lipinski definition) is 3. The average molecular weight is 568 g/mol. The van der Waals surface area contributed by atoms with Crippen molar-refractivity contribution in [3.63, 3.8) is 0 Å². The molecule has 0 fully saturated rings. The molecule has 3 aromatic carbocycles. The van der Waals surface area contributed by atoms with Gasteiger partial charge in [-0.15, -0.1) is 5.92 Å². The van der Waals surface area contributed by atoms with E-state index in [-0.39, 0.29) is 47.3 Å². The van der Waals surface area contributed by atoms with Crippen LogP contribution in [0, 0.1) is 18.8 Å². The number of amides is 1. The van der Waals surface area contributed by atoms with Gasteiger partial charge in [-0.05, 0) is 50.3 Å². The Morgan fingerprint density at radius 1 is 1.12 bits per heavy atom. The molecule has 2 aliphatic rings. The number of carbonyl (C=O) groups excluding carboxylic acids is 3. The highest BCUT2D eigenvalue weighted by Crippen LogP contribution is 2.56. The van der Waals surface area contributed by atoms with Gasteiger partial charge in [0.15, 0.2) is 17.3 Å². The highest BCUT2D eigenvalue weighted by atomic mass is 16.5. The molecule has 1 heterocycles. The lowest BCUT2D eigenvalue weighted by atomic mass is 9.71. The SMILES string of the molecule is CC#CCOc1cc(C)c(CNC(=O)c2c(OC)cc(O)c3c2OC2=CC(O)=C(C(C)=O)C(=O)[C@]23C)c2ccccc12. The number of carbonyl (C=O) groups is 3. The minimum Gasteiger partial charge on any atom is -0.507 e. The molecule has 42 heavy (non-hydrogen) atoms. The number of ether oxygens (including phenoxy) is 3. The first-order chi connectivity index (χ1) is 20.0. The van der Waals surface area contributed by atoms with E-state index in [2.05, 4.69) is 17.2 Å². The fourth-order valence-corrected chi connectivity index (χ4v) is 5.55. The second-order valence-electron chi connectivity index (χ2n) is 10.2. The van der Waals surface area contributed by atoms with Crippen LogP contribution in [0.2, 0.25) is 0 Å². The van der Waals surface area contributed by atoms with Crippen molar-refractivity contribution >= 4 is 28.2 Å². The summed E-state index contributed by atoms with van der Waals surface area (Å²) in [6.07, 6.45) is 1.16. The molecular formula is C33H29NO8. The molecule has 0 spiro atoms. The third-order valence-electron chi connectivity index (χ3n) is 7.68. The highest BCUT2D eigenvalue weighted by Gasteiger charge is 2.55. The van der Waals surface area contributed by atoms with E-state index in [0.29, 0.717) is 5.75 Å². The second-order valence-corrected chi connectivity index (χ2v) is 10.2. The van der Waals surface area contributed by atoms with E-state index in [1.54, 1.807) is 6.92 Å². The molecular weight excluding hydrogens is 538 g/mol. The van der Waals surface area contributed by atoms with Crippen molar-refractivity contribution in [2.75, 3.05) is 13.7 Å². The summed E-state index contributed by atoms with van der Waals surface area (Å²) in [6, 6.07) is 10.8. The molecule has 5 rings (SSSR count). The molecule has 0 unspecified atom stereocenters. The number of allylic oxidation sites excluding steroid dienone is 3. The van der Waals surface area contributed by atoms with Crippen molar-refractivity contribution in [3.8, 4) is 34.8 Å². The molecule has 0 saturated heterocycles. The minimum absolute atomic E-state index is 0.00857. The topological polar surface area (TPSA) is 131 Å². The molecule has 1 aliphatic carbocycles. The Hall–Kier alpha value is -5.23. The van der Waals surface area contributed by atoms with Crippen molar-refractivity contribution in [1.29, 1.82) is 0 Å². The van der Waals surface area contributed by atoms with Gasteiger partial charge >= 0.3 is 0 Å². The number of methoxy groups -OCH3 is 1. The van der Waals surface area contributed by atoms with Crippen LogP contribution in [-0.4, -0.2) is 41.4 Å². The van der Waals surface area contributed by atoms with Gasteiger partial charge in [0.1, 0.15) is 51.9 Å². The average Bonchev–Trinajstić information content (AvgIpc) is 3.25. The predicted molar refractivity (Wildman–Crippen MR) is 155 cm³/mol. The molecule has 214 valence electrons. The summed E-state index contributed by atoms with van der Waals surface area (Å²) in [5, 5.41) is 26.1. The van der Waals surface area contributed by atoms with Crippen molar-refractivity contribution in [2.45, 2.75) is 39.7 Å². The lowest BCUT2D eigenvalue weighted by Gasteiger charge is -2.27. The Kier molecular flexibility index (Phi) is 7.17. The predicted octanol–water partition coefficient (Wildman–Crippen LogP) is 4.71. The zero-order valence-electron chi connectivity index (χ0n) is 23.8. The first-order valence-electron chi connectivity index (χ1n) is 13.2. The zero-order valence-corrected chi connectivity index (χ0v) is 23.8. The van der Waals surface area contributed by atoms with Crippen LogP contribution in [0.1, 0.15) is 47.8 Å². The smallest absolute Gasteiger partial charge is 0.259 e. The van der Waals surface area contributed by atoms with Gasteiger partial charge in [0.05, 0.1) is 12.7 Å². The number of aromatic hydroxyl groups is 1. The van der Waals surface area contributed by atoms with Gasteiger partial charge in [-0.25, -0.2) is 0 Å². The monoisotopic (exact) mass is 567 g/mol. The lowest BCUT2D eigenvalue weighted by molar-refractivity contribution is -0.123. The van der Waals surface area contributed by atoms with E-state index in [1.807, 2.05) is 37.3 Å². The number of benzene rings is 3. The van der Waals surface area contributed by atoms with Gasteiger partial charge in [-0.3, -0.25) is 14.4 Å². The molecule has 0 radical (unpaired) electrons. The normalized spacial score (nSPS) is 17.0. The number of fused-ring (bicyclic) bond motifs is 4. The van der Waals surface area contributed by atoms with Crippen LogP contribution < -0.4 is 19.5 Å². The number of aliphatic hydroxyl groups is 1. The minimum atomic E-state index is -1.64. The Morgan fingerprint density at radius 2 is 1.83 bits per heavy atom. The van der Waals surface area contributed by atoms with Gasteiger partial charge in [-0.1, -0.05) is 30.2 Å². The van der Waals surface area contributed by atoms with Crippen molar-refractivity contribution < 1.29 is 38.8 Å². The number of Topliss-reactive ketones (excluding diaryl/α,β-unsaturated/α-hetero) is 2. The Morgan fingerprint density at radius 3 is 2.50 bits per heavy atom. The van der Waals surface area contributed by atoms with Crippen LogP contribution in [-0.2, 0) is 21.5 Å². The van der Waals surface area contributed by atoms with E-state index in [9.17, 15) is 24.6 Å². The first-order valence-corrected chi connectivity index (χ1v) is 13.2. The standard InChI is InChI=1S/C33H29NO8/c1-6-7-12-41-24-13-17(2)21(19-10-8-9-11-20(19)24)16-34-32(39)28-25(40-5)14-23(37)29-30(28)42-26-15-22(36)27(18(3)35)31(38)33(26,29)4/h8-11,13-15,36-37H,12,16H2,1-5H3,(H,34,39)/t33-/m1/s1. The lowest BCUT2D eigenvalue weighted by Crippen LogP contribution is -2.38. The number of ketones is 2. The molecule has 3 N–H and O–H groups in total. The molecule has 9 heteroatoms. The fraction of sp³-hybridized carbons (Fsp3) is 0.242. The summed E-state index contributed by atoms with van der Waals surface area (Å²) >= 11 is 0. The van der Waals surface area contributed by atoms with Gasteiger partial charge in [0.2, 0.25) is 0 Å². The third-order valence-corrected chi connectivity index (χ3v) is 7.68. The summed E-state index contributed by atoms with van der Waals surface area (Å²) < 4.78 is 17.3. The Labute approximate surface area is 242 Å². The number of phenols is 1. The highest BCUT2D eigenvalue weighted by molar-refractivity contribution is 6.25. The van der Waals surface area contributed by atoms with Gasteiger partial charge in [0.25, 0.3) is 5.91 Å². The third kappa shape index (κ3) is 4.32. The largest absolute Gasteiger partial charge is 0.507 e. The van der Waals surface area contributed by atoms with Crippen molar-refractivity contribution in [1.82, 2.24) is 5.32 Å². The molecule has 9 nitrogen and oxygen atoms in total. The fourth-order valence-electron chi connectivity index (χ4n) is 5.55. The summed E-state index contributed by atoms with van der Waals surface area (Å²) in [7, 11) is 1.34. The summed E-state index contributed by atoms with van der Waals surface area (Å²) in [5.74, 6) is 3.44. The van der Waals surface area contributed by atoms with Crippen LogP contribution in [0.3, 0.4) is 0 Å². The number of nitrogens with one attached hydrogen (secondary N) is 1. The Bertz CT molecular complexity index is 1820. The Balaban J connectivity index is 1.54. The maximum Gasteiger partial charge on any atom is 0.259 e. The summed E-state index contributed by atoms with van der Waals surface area (Å²) in [4.78, 5) is 39.5. The molecule has 0 bridgehead atoms. The molecule has 0 saturated carbocycles. The molecule has 3 aromatic rings. The van der Waals surface area contributed by atoms with E-state index < -0.39 is 34.2 Å². The number of phenolic OH excluding ortho intramolecular Hbond substituents is 1. The van der Waals surface area contributed by atoms with Gasteiger partial charge < -0.3 is 29.7 Å². The number of aliphatic hydroxyl groups excluding tert-OH is 1. The van der Waals surface area contributed by atoms with Crippen LogP contribution in [0.15, 0.2) is 59.6 Å². The first kappa shape index (κ1) is 28.3. The maximum absolute atomic E-state index is 13.8. The zero-order chi connectivity index (χ0) is 30.3. The van der Waals surface area contributed by atoms with E-state index in [4.69, 9.17) is 14.2 Å². The summed E-state index contributed by atoms with van der Waals surface area (Å²) in [5.41, 5.74) is -0.330. The van der Waals surface area contributed by atoms with Crippen LogP contribution >= 0.6 is 0 Å². The second kappa shape index (κ2) is 10.6. The maximum atomic E-state index is 13.8. The molecule has 1 atom stereocenters. The number of aryl methyl sites for hydroxylation is 1. The summed E-state index contributed by atoms with van der Waals surface area (Å²) in [6.45, 7) is 6.69. The van der Waals surface area contributed by atoms with Crippen LogP contribution in [0.4, 0.5) is 0 Å². The van der Waals surface area contributed by atoms with E-state index in [0.717, 1.165) is 28.0 Å². The van der Waals surface area contributed by atoms with E-state index in [1.165, 1.54) is 27.0 Å².